The van der Waals surface area contributed by atoms with E-state index in [1.165, 1.54) is 57.7 Å². The molecule has 2 fully saturated rings. The summed E-state index contributed by atoms with van der Waals surface area (Å²) >= 11 is 0. The maximum absolute atomic E-state index is 13.1. The minimum absolute atomic E-state index is 0.0713. The molecule has 0 saturated carbocycles. The van der Waals surface area contributed by atoms with Gasteiger partial charge in [-0.1, -0.05) is 0 Å². The molecule has 0 bridgehead atoms. The Morgan fingerprint density at radius 3 is 2.31 bits per heavy atom. The number of nitrogens with two attached hydrogens (primary N) is 1. The Morgan fingerprint density at radius 2 is 1.69 bits per heavy atom. The molecule has 2 aromatic rings. The topological polar surface area (TPSA) is 175 Å². The lowest BCUT2D eigenvalue weighted by atomic mass is 10.1. The number of morpholine rings is 2. The molecule has 2 amide bonds. The van der Waals surface area contributed by atoms with Gasteiger partial charge in [0.2, 0.25) is 10.0 Å². The predicted molar refractivity (Wildman–Crippen MR) is 130 cm³/mol. The second kappa shape index (κ2) is 10.7. The van der Waals surface area contributed by atoms with Gasteiger partial charge in [0.1, 0.15) is 5.84 Å². The smallest absolute Gasteiger partial charge is 0.259 e. The van der Waals surface area contributed by atoms with Crippen LogP contribution < -0.4 is 16.0 Å². The molecular weight excluding hydrogens is 490 g/mol. The van der Waals surface area contributed by atoms with Crippen molar-refractivity contribution in [2.24, 2.45) is 5.73 Å². The fraction of sp³-hybridized carbons (Fsp3) is 0.348. The summed E-state index contributed by atoms with van der Waals surface area (Å²) in [5.74, 6) is -1.58. The minimum Gasteiger partial charge on any atom is -0.384 e. The molecule has 5 N–H and O–H groups in total. The largest absolute Gasteiger partial charge is 0.384 e. The van der Waals surface area contributed by atoms with E-state index in [0.717, 1.165) is 0 Å². The fourth-order valence-corrected chi connectivity index (χ4v) is 5.32. The summed E-state index contributed by atoms with van der Waals surface area (Å²) in [5, 5.41) is 20.5. The van der Waals surface area contributed by atoms with E-state index in [9.17, 15) is 23.1 Å². The summed E-state index contributed by atoms with van der Waals surface area (Å²) < 4.78 is 37.6. The van der Waals surface area contributed by atoms with Crippen LogP contribution in [0.5, 0.6) is 0 Å². The third-order valence-electron chi connectivity index (χ3n) is 5.90. The lowest BCUT2D eigenvalue weighted by Gasteiger charge is -2.34. The Balaban J connectivity index is 1.43. The Morgan fingerprint density at radius 1 is 1.06 bits per heavy atom. The Labute approximate surface area is 208 Å². The van der Waals surface area contributed by atoms with Crippen LogP contribution in [-0.4, -0.2) is 87.1 Å². The van der Waals surface area contributed by atoms with Crippen molar-refractivity contribution >= 4 is 39.0 Å². The van der Waals surface area contributed by atoms with Gasteiger partial charge < -0.3 is 30.5 Å². The zero-order chi connectivity index (χ0) is 25.9. The Kier molecular flexibility index (Phi) is 7.66. The first-order valence-corrected chi connectivity index (χ1v) is 12.7. The molecule has 2 atom stereocenters. The Hall–Kier alpha value is -3.36. The molecule has 0 aromatic heterocycles. The first kappa shape index (κ1) is 25.7. The summed E-state index contributed by atoms with van der Waals surface area (Å²) in [4.78, 5) is 27.1. The lowest BCUT2D eigenvalue weighted by molar-refractivity contribution is -0.150. The number of aliphatic hydroxyl groups is 1. The van der Waals surface area contributed by atoms with E-state index in [1.54, 1.807) is 0 Å². The van der Waals surface area contributed by atoms with Gasteiger partial charge in [0.05, 0.1) is 24.7 Å². The van der Waals surface area contributed by atoms with E-state index in [1.807, 2.05) is 0 Å². The third-order valence-corrected chi connectivity index (χ3v) is 7.81. The molecular formula is C23H27N5O7S. The highest BCUT2D eigenvalue weighted by Gasteiger charge is 2.39. The van der Waals surface area contributed by atoms with E-state index < -0.39 is 34.0 Å². The highest BCUT2D eigenvalue weighted by molar-refractivity contribution is 7.89. The number of amidine groups is 1. The van der Waals surface area contributed by atoms with Crippen molar-refractivity contribution in [2.45, 2.75) is 17.1 Å². The van der Waals surface area contributed by atoms with E-state index >= 15 is 0 Å². The highest BCUT2D eigenvalue weighted by Crippen LogP contribution is 2.24. The number of ether oxygens (including phenoxy) is 2. The molecule has 36 heavy (non-hydrogen) atoms. The number of carbonyl (C=O) groups excluding carboxylic acids is 2. The van der Waals surface area contributed by atoms with Gasteiger partial charge >= 0.3 is 0 Å². The van der Waals surface area contributed by atoms with Gasteiger partial charge in [-0.05, 0) is 48.5 Å². The molecule has 0 radical (unpaired) electrons. The van der Waals surface area contributed by atoms with Crippen molar-refractivity contribution in [1.82, 2.24) is 4.31 Å². The maximum Gasteiger partial charge on any atom is 0.259 e. The Bertz CT molecular complexity index is 1230. The number of benzene rings is 2. The lowest BCUT2D eigenvalue weighted by Crippen LogP contribution is -2.55. The van der Waals surface area contributed by atoms with Crippen LogP contribution in [0.25, 0.3) is 0 Å². The SMILES string of the molecule is N=C(N)c1ccc(NC(=O)[C@H](O)[C@H]2OCCN(c3ccc(S(=O)(=O)N4CCOCC4)cc3)C2=O)cc1. The molecule has 192 valence electrons. The van der Waals surface area contributed by atoms with E-state index in [0.29, 0.717) is 30.2 Å². The molecule has 2 heterocycles. The van der Waals surface area contributed by atoms with Crippen LogP contribution >= 0.6 is 0 Å². The monoisotopic (exact) mass is 517 g/mol. The second-order valence-electron chi connectivity index (χ2n) is 8.22. The van der Waals surface area contributed by atoms with E-state index in [2.05, 4.69) is 5.32 Å². The minimum atomic E-state index is -3.68. The molecule has 2 aromatic carbocycles. The predicted octanol–water partition coefficient (Wildman–Crippen LogP) is -0.277. The summed E-state index contributed by atoms with van der Waals surface area (Å²) in [6.07, 6.45) is -3.22. The average Bonchev–Trinajstić information content (AvgIpc) is 2.89. The number of nitrogen functional groups attached to an aromatic ring is 1. The van der Waals surface area contributed by atoms with Gasteiger partial charge in [-0.3, -0.25) is 15.0 Å². The molecule has 0 unspecified atom stereocenters. The molecule has 2 aliphatic heterocycles. The molecule has 2 saturated heterocycles. The van der Waals surface area contributed by atoms with Crippen molar-refractivity contribution in [3.63, 3.8) is 0 Å². The van der Waals surface area contributed by atoms with Crippen LogP contribution in [0.3, 0.4) is 0 Å². The number of sulfonamides is 1. The van der Waals surface area contributed by atoms with Gasteiger partial charge in [-0.2, -0.15) is 4.31 Å². The highest BCUT2D eigenvalue weighted by atomic mass is 32.2. The van der Waals surface area contributed by atoms with Gasteiger partial charge in [0, 0.05) is 36.6 Å². The number of rotatable bonds is 7. The molecule has 0 aliphatic carbocycles. The first-order chi connectivity index (χ1) is 17.2. The quantitative estimate of drug-likeness (QED) is 0.286. The van der Waals surface area contributed by atoms with Crippen LogP contribution in [0.2, 0.25) is 0 Å². The van der Waals surface area contributed by atoms with Gasteiger partial charge in [0.25, 0.3) is 11.8 Å². The number of hydrogen-bond acceptors (Lipinski definition) is 8. The van der Waals surface area contributed by atoms with Crippen molar-refractivity contribution < 1.29 is 32.6 Å². The standard InChI is InChI=1S/C23H27N5O7S/c24-21(25)15-1-3-16(4-2-15)26-22(30)19(29)20-23(31)28(11-14-35-20)17-5-7-18(8-6-17)36(32,33)27-9-12-34-13-10-27/h1-8,19-20,29H,9-14H2,(H3,24,25)(H,26,30)/t19-,20-/m1/s1. The molecule has 2 aliphatic rings. The number of hydrogen-bond donors (Lipinski definition) is 4. The number of anilines is 2. The van der Waals surface area contributed by atoms with Crippen LogP contribution in [0, 0.1) is 5.41 Å². The summed E-state index contributed by atoms with van der Waals surface area (Å²) in [5.41, 5.74) is 6.65. The number of carbonyl (C=O) groups is 2. The van der Waals surface area contributed by atoms with Gasteiger partial charge in [0.15, 0.2) is 12.2 Å². The normalized spacial score (nSPS) is 20.1. The van der Waals surface area contributed by atoms with Gasteiger partial charge in [-0.15, -0.1) is 0 Å². The van der Waals surface area contributed by atoms with E-state index in [4.69, 9.17) is 20.6 Å². The fourth-order valence-electron chi connectivity index (χ4n) is 3.91. The number of nitrogens with one attached hydrogen (secondary N) is 2. The molecule has 13 heteroatoms. The first-order valence-electron chi connectivity index (χ1n) is 11.2. The van der Waals surface area contributed by atoms with Crippen molar-refractivity contribution in [2.75, 3.05) is 49.7 Å². The van der Waals surface area contributed by atoms with Crippen LogP contribution in [0.15, 0.2) is 53.4 Å². The number of aliphatic hydroxyl groups excluding tert-OH is 1. The summed E-state index contributed by atoms with van der Waals surface area (Å²) in [7, 11) is -3.68. The second-order valence-corrected chi connectivity index (χ2v) is 10.2. The van der Waals surface area contributed by atoms with Crippen molar-refractivity contribution in [3.8, 4) is 0 Å². The van der Waals surface area contributed by atoms with Crippen molar-refractivity contribution in [1.29, 1.82) is 5.41 Å². The molecule has 12 nitrogen and oxygen atoms in total. The summed E-state index contributed by atoms with van der Waals surface area (Å²) in [6.45, 7) is 1.46. The van der Waals surface area contributed by atoms with Crippen LogP contribution in [-0.2, 0) is 29.1 Å². The molecule has 4 rings (SSSR count). The number of amides is 2. The zero-order valence-electron chi connectivity index (χ0n) is 19.3. The molecule has 0 spiro atoms. The summed E-state index contributed by atoms with van der Waals surface area (Å²) in [6, 6.07) is 12.0. The zero-order valence-corrected chi connectivity index (χ0v) is 20.1. The average molecular weight is 518 g/mol. The van der Waals surface area contributed by atoms with Crippen LogP contribution in [0.4, 0.5) is 11.4 Å². The van der Waals surface area contributed by atoms with E-state index in [-0.39, 0.29) is 37.0 Å². The third kappa shape index (κ3) is 5.39. The van der Waals surface area contributed by atoms with Crippen LogP contribution in [0.1, 0.15) is 5.56 Å². The maximum atomic E-state index is 13.1. The van der Waals surface area contributed by atoms with Gasteiger partial charge in [-0.25, -0.2) is 8.42 Å². The number of nitrogens with zero attached hydrogens (tertiary/aromatic N) is 2. The van der Waals surface area contributed by atoms with Crippen molar-refractivity contribution in [3.05, 3.63) is 54.1 Å².